The van der Waals surface area contributed by atoms with Crippen molar-refractivity contribution in [2.45, 2.75) is 6.54 Å². The molecule has 0 aliphatic carbocycles. The van der Waals surface area contributed by atoms with E-state index in [1.807, 2.05) is 6.07 Å². The van der Waals surface area contributed by atoms with Crippen LogP contribution in [0.15, 0.2) is 30.4 Å². The summed E-state index contributed by atoms with van der Waals surface area (Å²) in [4.78, 5) is 15.4. The number of nitrogens with zero attached hydrogens (tertiary/aromatic N) is 3. The van der Waals surface area contributed by atoms with E-state index in [0.29, 0.717) is 17.5 Å². The lowest BCUT2D eigenvalue weighted by atomic mass is 10.3. The standard InChI is InChI=1S/C10H13ClN4O2/c1-14(2)9(7-15(16)17)13-6-8-4-3-5-12-10(8)11/h3-5,7,13H,6H2,1-2H3. The third kappa shape index (κ3) is 4.28. The molecule has 1 heterocycles. The largest absolute Gasteiger partial charge is 0.362 e. The average Bonchev–Trinajstić information content (AvgIpc) is 2.25. The molecular weight excluding hydrogens is 244 g/mol. The number of hydrogen-bond donors (Lipinski definition) is 1. The second kappa shape index (κ2) is 6.05. The molecule has 7 heteroatoms. The normalized spacial score (nSPS) is 11.1. The Balaban J connectivity index is 2.71. The zero-order valence-electron chi connectivity index (χ0n) is 9.55. The van der Waals surface area contributed by atoms with Crippen molar-refractivity contribution in [2.75, 3.05) is 14.1 Å². The van der Waals surface area contributed by atoms with E-state index in [1.54, 1.807) is 31.3 Å². The van der Waals surface area contributed by atoms with Crippen molar-refractivity contribution in [3.05, 3.63) is 51.2 Å². The van der Waals surface area contributed by atoms with Crippen LogP contribution in [0.5, 0.6) is 0 Å². The Morgan fingerprint density at radius 3 is 2.94 bits per heavy atom. The van der Waals surface area contributed by atoms with Gasteiger partial charge in [0.15, 0.2) is 5.82 Å². The zero-order chi connectivity index (χ0) is 12.8. The summed E-state index contributed by atoms with van der Waals surface area (Å²) in [6, 6.07) is 3.57. The van der Waals surface area contributed by atoms with E-state index in [4.69, 9.17) is 11.6 Å². The van der Waals surface area contributed by atoms with Gasteiger partial charge in [-0.1, -0.05) is 17.7 Å². The molecule has 0 atom stereocenters. The van der Waals surface area contributed by atoms with E-state index in [2.05, 4.69) is 10.3 Å². The first kappa shape index (κ1) is 13.2. The SMILES string of the molecule is CN(C)C(=C[N+](=O)[O-])NCc1cccnc1Cl. The van der Waals surface area contributed by atoms with E-state index in [9.17, 15) is 10.1 Å². The minimum absolute atomic E-state index is 0.379. The van der Waals surface area contributed by atoms with Crippen LogP contribution in [0.1, 0.15) is 5.56 Å². The Kier molecular flexibility index (Phi) is 4.71. The molecule has 1 N–H and O–H groups in total. The molecular formula is C10H13ClN4O2. The summed E-state index contributed by atoms with van der Waals surface area (Å²) in [7, 11) is 3.43. The molecule has 0 amide bonds. The number of halogens is 1. The van der Waals surface area contributed by atoms with Gasteiger partial charge in [0.05, 0.1) is 4.92 Å². The van der Waals surface area contributed by atoms with E-state index >= 15 is 0 Å². The van der Waals surface area contributed by atoms with Gasteiger partial charge in [-0.15, -0.1) is 0 Å². The Morgan fingerprint density at radius 2 is 2.41 bits per heavy atom. The molecule has 0 aromatic carbocycles. The lowest BCUT2D eigenvalue weighted by Crippen LogP contribution is -2.26. The van der Waals surface area contributed by atoms with Crippen molar-refractivity contribution in [3.63, 3.8) is 0 Å². The Morgan fingerprint density at radius 1 is 1.71 bits per heavy atom. The fourth-order valence-corrected chi connectivity index (χ4v) is 1.34. The Labute approximate surface area is 104 Å². The lowest BCUT2D eigenvalue weighted by molar-refractivity contribution is -0.404. The van der Waals surface area contributed by atoms with Gasteiger partial charge in [0.1, 0.15) is 5.15 Å². The third-order valence-corrected chi connectivity index (χ3v) is 2.35. The quantitative estimate of drug-likeness (QED) is 0.491. The maximum absolute atomic E-state index is 10.4. The van der Waals surface area contributed by atoms with Gasteiger partial charge in [-0.05, 0) is 6.07 Å². The van der Waals surface area contributed by atoms with Crippen LogP contribution in [0.2, 0.25) is 5.15 Å². The molecule has 92 valence electrons. The van der Waals surface area contributed by atoms with Crippen molar-refractivity contribution in [1.82, 2.24) is 15.2 Å². The van der Waals surface area contributed by atoms with Gasteiger partial charge in [-0.3, -0.25) is 10.1 Å². The Hall–Kier alpha value is -1.82. The molecule has 0 saturated heterocycles. The van der Waals surface area contributed by atoms with E-state index in [0.717, 1.165) is 11.8 Å². The van der Waals surface area contributed by atoms with E-state index in [1.165, 1.54) is 0 Å². The fraction of sp³-hybridized carbons (Fsp3) is 0.300. The van der Waals surface area contributed by atoms with E-state index in [-0.39, 0.29) is 0 Å². The van der Waals surface area contributed by atoms with Crippen LogP contribution in [0.3, 0.4) is 0 Å². The number of nitro groups is 1. The smallest absolute Gasteiger partial charge is 0.274 e. The second-order valence-corrected chi connectivity index (χ2v) is 3.86. The summed E-state index contributed by atoms with van der Waals surface area (Å²) in [5.41, 5.74) is 0.783. The lowest BCUT2D eigenvalue weighted by Gasteiger charge is -2.16. The monoisotopic (exact) mass is 256 g/mol. The molecule has 0 radical (unpaired) electrons. The molecule has 17 heavy (non-hydrogen) atoms. The highest BCUT2D eigenvalue weighted by Gasteiger charge is 2.06. The van der Waals surface area contributed by atoms with Gasteiger partial charge in [0, 0.05) is 32.4 Å². The third-order valence-electron chi connectivity index (χ3n) is 2.01. The van der Waals surface area contributed by atoms with Crippen LogP contribution in [-0.4, -0.2) is 28.9 Å². The van der Waals surface area contributed by atoms with Crippen molar-refractivity contribution < 1.29 is 4.92 Å². The minimum Gasteiger partial charge on any atom is -0.362 e. The maximum Gasteiger partial charge on any atom is 0.274 e. The topological polar surface area (TPSA) is 71.3 Å². The molecule has 0 aliphatic rings. The first-order valence-electron chi connectivity index (χ1n) is 4.86. The van der Waals surface area contributed by atoms with Crippen molar-refractivity contribution >= 4 is 11.6 Å². The van der Waals surface area contributed by atoms with Gasteiger partial charge in [0.2, 0.25) is 0 Å². The van der Waals surface area contributed by atoms with Gasteiger partial charge in [-0.25, -0.2) is 4.98 Å². The van der Waals surface area contributed by atoms with Crippen molar-refractivity contribution in [1.29, 1.82) is 0 Å². The summed E-state index contributed by atoms with van der Waals surface area (Å²) < 4.78 is 0. The maximum atomic E-state index is 10.4. The summed E-state index contributed by atoms with van der Waals surface area (Å²) in [6.45, 7) is 0.379. The van der Waals surface area contributed by atoms with Crippen LogP contribution in [0.4, 0.5) is 0 Å². The average molecular weight is 257 g/mol. The number of pyridine rings is 1. The summed E-state index contributed by atoms with van der Waals surface area (Å²) in [5.74, 6) is 0.398. The molecule has 0 bridgehead atoms. The fourth-order valence-electron chi connectivity index (χ4n) is 1.16. The second-order valence-electron chi connectivity index (χ2n) is 3.50. The van der Waals surface area contributed by atoms with Gasteiger partial charge in [-0.2, -0.15) is 0 Å². The van der Waals surface area contributed by atoms with Crippen LogP contribution >= 0.6 is 11.6 Å². The first-order valence-corrected chi connectivity index (χ1v) is 5.24. The van der Waals surface area contributed by atoms with Gasteiger partial charge in [0.25, 0.3) is 6.20 Å². The summed E-state index contributed by atoms with van der Waals surface area (Å²) in [5, 5.41) is 13.7. The molecule has 1 rings (SSSR count). The highest BCUT2D eigenvalue weighted by molar-refractivity contribution is 6.30. The van der Waals surface area contributed by atoms with Gasteiger partial charge < -0.3 is 10.2 Å². The molecule has 0 aliphatic heterocycles. The van der Waals surface area contributed by atoms with Crippen molar-refractivity contribution in [2.24, 2.45) is 0 Å². The first-order chi connectivity index (χ1) is 8.00. The number of nitrogens with one attached hydrogen (secondary N) is 1. The van der Waals surface area contributed by atoms with Crippen LogP contribution in [0, 0.1) is 10.1 Å². The van der Waals surface area contributed by atoms with E-state index < -0.39 is 4.92 Å². The molecule has 0 unspecified atom stereocenters. The molecule has 1 aromatic rings. The summed E-state index contributed by atoms with van der Waals surface area (Å²) >= 11 is 5.87. The molecule has 0 saturated carbocycles. The molecule has 1 aromatic heterocycles. The van der Waals surface area contributed by atoms with Crippen LogP contribution in [0.25, 0.3) is 0 Å². The van der Waals surface area contributed by atoms with Crippen LogP contribution < -0.4 is 5.32 Å². The Bertz CT molecular complexity index is 434. The molecule has 0 fully saturated rings. The van der Waals surface area contributed by atoms with Crippen molar-refractivity contribution in [3.8, 4) is 0 Å². The number of rotatable bonds is 5. The predicted molar refractivity (Wildman–Crippen MR) is 64.9 cm³/mol. The van der Waals surface area contributed by atoms with Crippen LogP contribution in [-0.2, 0) is 6.54 Å². The zero-order valence-corrected chi connectivity index (χ0v) is 10.3. The molecule has 6 nitrogen and oxygen atoms in total. The highest BCUT2D eigenvalue weighted by atomic mass is 35.5. The molecule has 0 spiro atoms. The highest BCUT2D eigenvalue weighted by Crippen LogP contribution is 2.11. The summed E-state index contributed by atoms with van der Waals surface area (Å²) in [6.07, 6.45) is 2.50. The number of aromatic nitrogens is 1. The van der Waals surface area contributed by atoms with Gasteiger partial charge >= 0.3 is 0 Å². The number of hydrogen-bond acceptors (Lipinski definition) is 5. The predicted octanol–water partition coefficient (Wildman–Crippen LogP) is 1.46. The minimum atomic E-state index is -0.507.